The predicted octanol–water partition coefficient (Wildman–Crippen LogP) is 0.657. The average Bonchev–Trinajstić information content (AvgIpc) is 2.24. The lowest BCUT2D eigenvalue weighted by atomic mass is 10.1. The summed E-state index contributed by atoms with van der Waals surface area (Å²) in [7, 11) is -7.04. The highest BCUT2D eigenvalue weighted by molar-refractivity contribution is 7.94. The first-order valence-corrected chi connectivity index (χ1v) is 9.07. The minimum atomic E-state index is -3.66. The van der Waals surface area contributed by atoms with Crippen LogP contribution < -0.4 is 0 Å². The smallest absolute Gasteiger partial charge is 0.155 e. The molecule has 1 rings (SSSR count). The summed E-state index contributed by atoms with van der Waals surface area (Å²) in [4.78, 5) is 0. The Morgan fingerprint density at radius 2 is 1.79 bits per heavy atom. The van der Waals surface area contributed by atoms with Crippen molar-refractivity contribution in [3.05, 3.63) is 35.1 Å². The van der Waals surface area contributed by atoms with E-state index in [1.165, 1.54) is 6.07 Å². The van der Waals surface area contributed by atoms with E-state index in [-0.39, 0.29) is 11.1 Å². The first kappa shape index (κ1) is 15.6. The SMILES string of the molecule is CS(=O)(=O)CCS(=O)(=O)Cc1cc(F)cc(C#N)c1. The van der Waals surface area contributed by atoms with Crippen molar-refractivity contribution in [1.29, 1.82) is 5.26 Å². The van der Waals surface area contributed by atoms with Crippen LogP contribution >= 0.6 is 0 Å². The van der Waals surface area contributed by atoms with E-state index < -0.39 is 42.8 Å². The minimum absolute atomic E-state index is 0.0216. The minimum Gasteiger partial charge on any atom is -0.229 e. The first-order chi connectivity index (χ1) is 8.61. The van der Waals surface area contributed by atoms with Crippen LogP contribution in [0, 0.1) is 17.1 Å². The highest BCUT2D eigenvalue weighted by Crippen LogP contribution is 2.12. The fraction of sp³-hybridized carbons (Fsp3) is 0.364. The van der Waals surface area contributed by atoms with Crippen LogP contribution in [0.1, 0.15) is 11.1 Å². The molecule has 1 aromatic rings. The molecule has 8 heteroatoms. The van der Waals surface area contributed by atoms with Gasteiger partial charge in [0.25, 0.3) is 0 Å². The van der Waals surface area contributed by atoms with Gasteiger partial charge >= 0.3 is 0 Å². The number of nitrogens with zero attached hydrogens (tertiary/aromatic N) is 1. The van der Waals surface area contributed by atoms with Gasteiger partial charge < -0.3 is 0 Å². The lowest BCUT2D eigenvalue weighted by Crippen LogP contribution is -2.17. The topological polar surface area (TPSA) is 92.1 Å². The zero-order chi connectivity index (χ0) is 14.7. The molecule has 19 heavy (non-hydrogen) atoms. The molecule has 5 nitrogen and oxygen atoms in total. The van der Waals surface area contributed by atoms with Gasteiger partial charge in [-0.25, -0.2) is 21.2 Å². The van der Waals surface area contributed by atoms with Gasteiger partial charge in [0.05, 0.1) is 28.9 Å². The van der Waals surface area contributed by atoms with Crippen molar-refractivity contribution in [2.45, 2.75) is 5.75 Å². The molecule has 1 aromatic carbocycles. The molecule has 0 heterocycles. The van der Waals surface area contributed by atoms with Gasteiger partial charge in [-0.2, -0.15) is 5.26 Å². The molecule has 0 radical (unpaired) electrons. The van der Waals surface area contributed by atoms with Crippen molar-refractivity contribution in [3.8, 4) is 6.07 Å². The summed E-state index contributed by atoms with van der Waals surface area (Å²) in [6, 6.07) is 4.99. The Hall–Kier alpha value is -1.46. The van der Waals surface area contributed by atoms with Crippen LogP contribution in [0.3, 0.4) is 0 Å². The van der Waals surface area contributed by atoms with Crippen molar-refractivity contribution in [1.82, 2.24) is 0 Å². The molecule has 0 unspecified atom stereocenters. The van der Waals surface area contributed by atoms with Gasteiger partial charge in [0.2, 0.25) is 0 Å². The van der Waals surface area contributed by atoms with E-state index in [1.54, 1.807) is 6.07 Å². The number of halogens is 1. The largest absolute Gasteiger partial charge is 0.229 e. The standard InChI is InChI=1S/C11H12FNO4S2/c1-18(14,15)2-3-19(16,17)8-10-4-9(7-13)5-11(12)6-10/h4-6H,2-3,8H2,1H3. The van der Waals surface area contributed by atoms with Gasteiger partial charge in [0, 0.05) is 6.26 Å². The van der Waals surface area contributed by atoms with Gasteiger partial charge in [-0.05, 0) is 23.8 Å². The summed E-state index contributed by atoms with van der Waals surface area (Å²) >= 11 is 0. The highest BCUT2D eigenvalue weighted by Gasteiger charge is 2.16. The second kappa shape index (κ2) is 5.67. The van der Waals surface area contributed by atoms with Gasteiger partial charge in [-0.15, -0.1) is 0 Å². The highest BCUT2D eigenvalue weighted by atomic mass is 32.2. The monoisotopic (exact) mass is 305 g/mol. The molecule has 0 saturated heterocycles. The zero-order valence-corrected chi connectivity index (χ0v) is 11.8. The maximum Gasteiger partial charge on any atom is 0.155 e. The Morgan fingerprint density at radius 1 is 1.16 bits per heavy atom. The normalized spacial score (nSPS) is 12.1. The van der Waals surface area contributed by atoms with E-state index in [0.717, 1.165) is 18.4 Å². The summed E-state index contributed by atoms with van der Waals surface area (Å²) in [5.74, 6) is -2.19. The average molecular weight is 305 g/mol. The van der Waals surface area contributed by atoms with E-state index in [0.29, 0.717) is 0 Å². The van der Waals surface area contributed by atoms with Gasteiger partial charge in [-0.1, -0.05) is 0 Å². The number of nitriles is 1. The summed E-state index contributed by atoms with van der Waals surface area (Å²) in [6.07, 6.45) is 0.943. The van der Waals surface area contributed by atoms with E-state index >= 15 is 0 Å². The van der Waals surface area contributed by atoms with Crippen molar-refractivity contribution >= 4 is 19.7 Å². The number of benzene rings is 1. The Kier molecular flexibility index (Phi) is 4.66. The lowest BCUT2D eigenvalue weighted by Gasteiger charge is -2.04. The van der Waals surface area contributed by atoms with Gasteiger partial charge in [0.1, 0.15) is 15.7 Å². The molecular formula is C11H12FNO4S2. The number of sulfone groups is 2. The van der Waals surface area contributed by atoms with E-state index in [4.69, 9.17) is 5.26 Å². The Bertz CT molecular complexity index is 718. The third kappa shape index (κ3) is 5.81. The first-order valence-electron chi connectivity index (χ1n) is 5.19. The summed E-state index contributed by atoms with van der Waals surface area (Å²) in [5, 5.41) is 8.65. The second-order valence-corrected chi connectivity index (χ2v) is 8.63. The quantitative estimate of drug-likeness (QED) is 0.796. The number of hydrogen-bond donors (Lipinski definition) is 0. The van der Waals surface area contributed by atoms with Gasteiger partial charge in [0.15, 0.2) is 9.84 Å². The fourth-order valence-electron chi connectivity index (χ4n) is 1.40. The number of hydrogen-bond acceptors (Lipinski definition) is 5. The van der Waals surface area contributed by atoms with Crippen LogP contribution in [0.2, 0.25) is 0 Å². The van der Waals surface area contributed by atoms with Gasteiger partial charge in [-0.3, -0.25) is 0 Å². The molecule has 104 valence electrons. The fourth-order valence-corrected chi connectivity index (χ4v) is 4.45. The Balaban J connectivity index is 2.90. The van der Waals surface area contributed by atoms with Crippen LogP contribution in [0.25, 0.3) is 0 Å². The zero-order valence-electron chi connectivity index (χ0n) is 10.1. The van der Waals surface area contributed by atoms with E-state index in [2.05, 4.69) is 0 Å². The van der Waals surface area contributed by atoms with Crippen molar-refractivity contribution < 1.29 is 21.2 Å². The summed E-state index contributed by atoms with van der Waals surface area (Å²) in [5.41, 5.74) is 0.151. The van der Waals surface area contributed by atoms with Crippen molar-refractivity contribution in [2.24, 2.45) is 0 Å². The molecule has 0 aliphatic carbocycles. The lowest BCUT2D eigenvalue weighted by molar-refractivity contribution is 0.589. The summed E-state index contributed by atoms with van der Waals surface area (Å²) in [6.45, 7) is 0. The van der Waals surface area contributed by atoms with E-state index in [9.17, 15) is 21.2 Å². The molecule has 0 saturated carbocycles. The van der Waals surface area contributed by atoms with Crippen molar-refractivity contribution in [3.63, 3.8) is 0 Å². The van der Waals surface area contributed by atoms with Crippen LogP contribution in [-0.2, 0) is 25.4 Å². The Morgan fingerprint density at radius 3 is 2.32 bits per heavy atom. The molecule has 0 amide bonds. The molecule has 0 aliphatic heterocycles. The summed E-state index contributed by atoms with van der Waals surface area (Å²) < 4.78 is 58.3. The Labute approximate surface area is 111 Å². The molecule has 0 atom stereocenters. The van der Waals surface area contributed by atoms with E-state index in [1.807, 2.05) is 0 Å². The molecule has 0 spiro atoms. The molecular weight excluding hydrogens is 293 g/mol. The van der Waals surface area contributed by atoms with Crippen LogP contribution in [0.4, 0.5) is 4.39 Å². The molecule has 0 aliphatic rings. The predicted molar refractivity (Wildman–Crippen MR) is 68.3 cm³/mol. The molecule has 0 fully saturated rings. The van der Waals surface area contributed by atoms with Crippen LogP contribution in [0.5, 0.6) is 0 Å². The maximum absolute atomic E-state index is 13.1. The third-order valence-corrected chi connectivity index (χ3v) is 5.04. The van der Waals surface area contributed by atoms with Crippen LogP contribution in [0.15, 0.2) is 18.2 Å². The second-order valence-electron chi connectivity index (χ2n) is 4.18. The van der Waals surface area contributed by atoms with Crippen molar-refractivity contribution in [2.75, 3.05) is 17.8 Å². The van der Waals surface area contributed by atoms with Crippen LogP contribution in [-0.4, -0.2) is 34.6 Å². The number of rotatable bonds is 5. The molecule has 0 aromatic heterocycles. The third-order valence-electron chi connectivity index (χ3n) is 2.24. The molecule has 0 bridgehead atoms. The molecule has 0 N–H and O–H groups in total. The maximum atomic E-state index is 13.1.